The molecule has 0 spiro atoms. The molecule has 1 aromatic carbocycles. The van der Waals surface area contributed by atoms with Crippen LogP contribution < -0.4 is 4.74 Å². The van der Waals surface area contributed by atoms with Crippen LogP contribution in [-0.4, -0.2) is 36.3 Å². The highest BCUT2D eigenvalue weighted by Gasteiger charge is 2.05. The number of ether oxygens (including phenoxy) is 1. The molecular formula is C13H18BrNO2. The molecule has 0 bridgehead atoms. The van der Waals surface area contributed by atoms with Crippen molar-refractivity contribution in [3.8, 4) is 5.75 Å². The molecule has 0 aliphatic carbocycles. The summed E-state index contributed by atoms with van der Waals surface area (Å²) in [4.78, 5) is 12.9. The number of alkyl halides is 1. The first-order valence-electron chi connectivity index (χ1n) is 5.69. The summed E-state index contributed by atoms with van der Waals surface area (Å²) >= 11 is 3.14. The fourth-order valence-electron chi connectivity index (χ4n) is 1.35. The molecule has 94 valence electrons. The third-order valence-electron chi connectivity index (χ3n) is 2.57. The fourth-order valence-corrected chi connectivity index (χ4v) is 1.78. The summed E-state index contributed by atoms with van der Waals surface area (Å²) in [7, 11) is 1.77. The van der Waals surface area contributed by atoms with Crippen LogP contribution in [0.5, 0.6) is 5.75 Å². The van der Waals surface area contributed by atoms with Crippen molar-refractivity contribution < 1.29 is 9.53 Å². The van der Waals surface area contributed by atoms with E-state index in [-0.39, 0.29) is 5.91 Å². The molecule has 0 atom stereocenters. The smallest absolute Gasteiger partial charge is 0.233 e. The van der Waals surface area contributed by atoms with E-state index in [1.165, 1.54) is 5.56 Å². The zero-order valence-electron chi connectivity index (χ0n) is 10.3. The van der Waals surface area contributed by atoms with E-state index in [9.17, 15) is 4.79 Å². The van der Waals surface area contributed by atoms with Crippen molar-refractivity contribution in [1.82, 2.24) is 4.90 Å². The first-order chi connectivity index (χ1) is 8.17. The van der Waals surface area contributed by atoms with Gasteiger partial charge in [0.2, 0.25) is 5.91 Å². The summed E-state index contributed by atoms with van der Waals surface area (Å²) in [5.74, 6) is 0.914. The summed E-state index contributed by atoms with van der Waals surface area (Å²) in [6.07, 6.45) is 1.03. The van der Waals surface area contributed by atoms with Gasteiger partial charge in [0.15, 0.2) is 0 Å². The predicted octanol–water partition coefficient (Wildman–Crippen LogP) is 2.48. The van der Waals surface area contributed by atoms with Crippen molar-refractivity contribution >= 4 is 21.8 Å². The first-order valence-corrected chi connectivity index (χ1v) is 6.81. The van der Waals surface area contributed by atoms with Gasteiger partial charge >= 0.3 is 0 Å². The van der Waals surface area contributed by atoms with E-state index >= 15 is 0 Å². The summed E-state index contributed by atoms with van der Waals surface area (Å²) in [6, 6.07) is 8.04. The Morgan fingerprint density at radius 3 is 2.53 bits per heavy atom. The molecule has 3 nitrogen and oxygen atoms in total. The average Bonchev–Trinajstić information content (AvgIpc) is 2.38. The number of nitrogens with zero attached hydrogens (tertiary/aromatic N) is 1. The Hall–Kier alpha value is -1.03. The Labute approximate surface area is 111 Å². The van der Waals surface area contributed by atoms with Gasteiger partial charge in [0.05, 0.1) is 11.9 Å². The van der Waals surface area contributed by atoms with Crippen LogP contribution in [0.3, 0.4) is 0 Å². The van der Waals surface area contributed by atoms with Crippen molar-refractivity contribution in [2.45, 2.75) is 13.3 Å². The van der Waals surface area contributed by atoms with E-state index in [1.807, 2.05) is 12.1 Å². The first kappa shape index (κ1) is 14.0. The molecule has 0 fully saturated rings. The Morgan fingerprint density at radius 2 is 2.00 bits per heavy atom. The highest BCUT2D eigenvalue weighted by Crippen LogP contribution is 2.12. The maximum Gasteiger partial charge on any atom is 0.233 e. The van der Waals surface area contributed by atoms with Gasteiger partial charge in [-0.3, -0.25) is 4.79 Å². The van der Waals surface area contributed by atoms with Gasteiger partial charge in [-0.15, -0.1) is 0 Å². The number of carbonyl (C=O) groups excluding carboxylic acids is 1. The topological polar surface area (TPSA) is 29.5 Å². The molecule has 0 heterocycles. The molecule has 0 N–H and O–H groups in total. The van der Waals surface area contributed by atoms with Gasteiger partial charge in [-0.2, -0.15) is 0 Å². The van der Waals surface area contributed by atoms with Crippen LogP contribution in [0.25, 0.3) is 0 Å². The van der Waals surface area contributed by atoms with Crippen molar-refractivity contribution in [3.63, 3.8) is 0 Å². The third kappa shape index (κ3) is 4.77. The van der Waals surface area contributed by atoms with Crippen LogP contribution >= 0.6 is 15.9 Å². The second kappa shape index (κ2) is 7.33. The molecule has 1 aromatic rings. The van der Waals surface area contributed by atoms with Crippen molar-refractivity contribution in [2.24, 2.45) is 0 Å². The lowest BCUT2D eigenvalue weighted by molar-refractivity contribution is -0.127. The number of carbonyl (C=O) groups is 1. The van der Waals surface area contributed by atoms with E-state index in [0.717, 1.165) is 12.2 Å². The van der Waals surface area contributed by atoms with Crippen molar-refractivity contribution in [1.29, 1.82) is 0 Å². The summed E-state index contributed by atoms with van der Waals surface area (Å²) in [5, 5.41) is 0.356. The van der Waals surface area contributed by atoms with E-state index in [1.54, 1.807) is 11.9 Å². The van der Waals surface area contributed by atoms with Crippen LogP contribution in [0, 0.1) is 0 Å². The lowest BCUT2D eigenvalue weighted by atomic mass is 10.2. The normalized spacial score (nSPS) is 10.1. The van der Waals surface area contributed by atoms with Gasteiger partial charge in [-0.25, -0.2) is 0 Å². The lowest BCUT2D eigenvalue weighted by Crippen LogP contribution is -2.31. The van der Waals surface area contributed by atoms with Gasteiger partial charge in [0, 0.05) is 7.05 Å². The van der Waals surface area contributed by atoms with Crippen molar-refractivity contribution in [3.05, 3.63) is 29.8 Å². The number of amides is 1. The Bertz CT molecular complexity index is 351. The second-order valence-corrected chi connectivity index (χ2v) is 4.36. The maximum absolute atomic E-state index is 11.3. The number of hydrogen-bond donors (Lipinski definition) is 0. The number of benzene rings is 1. The van der Waals surface area contributed by atoms with Gasteiger partial charge in [0.25, 0.3) is 0 Å². The molecule has 0 unspecified atom stereocenters. The summed E-state index contributed by atoms with van der Waals surface area (Å²) in [5.41, 5.74) is 1.30. The molecule has 4 heteroatoms. The Kier molecular flexibility index (Phi) is 6.05. The molecule has 0 aliphatic rings. The zero-order chi connectivity index (χ0) is 12.7. The minimum absolute atomic E-state index is 0.0648. The van der Waals surface area contributed by atoms with E-state index in [4.69, 9.17) is 4.74 Å². The van der Waals surface area contributed by atoms with Crippen LogP contribution in [0.2, 0.25) is 0 Å². The molecule has 1 amide bonds. The van der Waals surface area contributed by atoms with Gasteiger partial charge in [-0.05, 0) is 24.1 Å². The van der Waals surface area contributed by atoms with Crippen molar-refractivity contribution in [2.75, 3.05) is 25.5 Å². The predicted molar refractivity (Wildman–Crippen MR) is 72.7 cm³/mol. The minimum Gasteiger partial charge on any atom is -0.492 e. The van der Waals surface area contributed by atoms with Gasteiger partial charge in [-0.1, -0.05) is 35.0 Å². The molecule has 0 radical (unpaired) electrons. The SMILES string of the molecule is CCc1ccc(OCCN(C)C(=O)CBr)cc1. The molecule has 0 saturated heterocycles. The number of rotatable bonds is 6. The summed E-state index contributed by atoms with van der Waals surface area (Å²) in [6.45, 7) is 3.23. The molecular weight excluding hydrogens is 282 g/mol. The molecule has 1 rings (SSSR count). The molecule has 0 aliphatic heterocycles. The standard InChI is InChI=1S/C13H18BrNO2/c1-3-11-4-6-12(7-5-11)17-9-8-15(2)13(16)10-14/h4-7H,3,8-10H2,1-2H3. The second-order valence-electron chi connectivity index (χ2n) is 3.79. The van der Waals surface area contributed by atoms with E-state index in [2.05, 4.69) is 35.0 Å². The number of hydrogen-bond acceptors (Lipinski definition) is 2. The quantitative estimate of drug-likeness (QED) is 0.755. The van der Waals surface area contributed by atoms with Gasteiger partial charge < -0.3 is 9.64 Å². The Morgan fingerprint density at radius 1 is 1.35 bits per heavy atom. The van der Waals surface area contributed by atoms with Gasteiger partial charge in [0.1, 0.15) is 12.4 Å². The molecule has 0 aromatic heterocycles. The number of halogens is 1. The summed E-state index contributed by atoms with van der Waals surface area (Å²) < 4.78 is 5.56. The van der Waals surface area contributed by atoms with Crippen LogP contribution in [0.1, 0.15) is 12.5 Å². The average molecular weight is 300 g/mol. The third-order valence-corrected chi connectivity index (χ3v) is 3.05. The molecule has 17 heavy (non-hydrogen) atoms. The fraction of sp³-hybridized carbons (Fsp3) is 0.462. The number of aryl methyl sites for hydroxylation is 1. The Balaban J connectivity index is 2.33. The number of likely N-dealkylation sites (N-methyl/N-ethyl adjacent to an activating group) is 1. The highest BCUT2D eigenvalue weighted by molar-refractivity contribution is 9.09. The largest absolute Gasteiger partial charge is 0.492 e. The monoisotopic (exact) mass is 299 g/mol. The molecule has 0 saturated carbocycles. The highest BCUT2D eigenvalue weighted by atomic mass is 79.9. The minimum atomic E-state index is 0.0648. The van der Waals surface area contributed by atoms with Crippen LogP contribution in [0.15, 0.2) is 24.3 Å². The maximum atomic E-state index is 11.3. The zero-order valence-corrected chi connectivity index (χ0v) is 11.9. The lowest BCUT2D eigenvalue weighted by Gasteiger charge is -2.16. The van der Waals surface area contributed by atoms with E-state index < -0.39 is 0 Å². The van der Waals surface area contributed by atoms with Crippen LogP contribution in [0.4, 0.5) is 0 Å². The van der Waals surface area contributed by atoms with E-state index in [0.29, 0.717) is 18.5 Å². The van der Waals surface area contributed by atoms with Crippen LogP contribution in [-0.2, 0) is 11.2 Å².